The fourth-order valence-electron chi connectivity index (χ4n) is 1.43. The lowest BCUT2D eigenvalue weighted by atomic mass is 10.1. The van der Waals surface area contributed by atoms with Crippen molar-refractivity contribution in [3.63, 3.8) is 0 Å². The first kappa shape index (κ1) is 12.0. The minimum Gasteiger partial charge on any atom is -0.482 e. The molecule has 0 radical (unpaired) electrons. The first-order valence-corrected chi connectivity index (χ1v) is 4.52. The van der Waals surface area contributed by atoms with Crippen molar-refractivity contribution in [1.82, 2.24) is 0 Å². The molecule has 0 saturated heterocycles. The zero-order valence-corrected chi connectivity index (χ0v) is 8.89. The molecular formula is C10H11NO5. The molecule has 0 bridgehead atoms. The summed E-state index contributed by atoms with van der Waals surface area (Å²) >= 11 is 0. The Morgan fingerprint density at radius 1 is 1.44 bits per heavy atom. The average molecular weight is 225 g/mol. The van der Waals surface area contributed by atoms with Gasteiger partial charge in [0.25, 0.3) is 5.69 Å². The monoisotopic (exact) mass is 225 g/mol. The second-order valence-electron chi connectivity index (χ2n) is 3.35. The van der Waals surface area contributed by atoms with Crippen molar-refractivity contribution in [1.29, 1.82) is 0 Å². The van der Waals surface area contributed by atoms with Crippen LogP contribution in [0, 0.1) is 24.0 Å². The van der Waals surface area contributed by atoms with Crippen molar-refractivity contribution in [2.75, 3.05) is 6.61 Å². The third-order valence-corrected chi connectivity index (χ3v) is 2.01. The summed E-state index contributed by atoms with van der Waals surface area (Å²) in [7, 11) is 0. The summed E-state index contributed by atoms with van der Waals surface area (Å²) in [6, 6.07) is 2.90. The third kappa shape index (κ3) is 2.69. The normalized spacial score (nSPS) is 9.88. The molecule has 0 atom stereocenters. The first-order chi connectivity index (χ1) is 7.41. The van der Waals surface area contributed by atoms with Gasteiger partial charge in [0.2, 0.25) is 0 Å². The average Bonchev–Trinajstić information content (AvgIpc) is 2.12. The fraction of sp³-hybridized carbons (Fsp3) is 0.300. The van der Waals surface area contributed by atoms with Crippen molar-refractivity contribution in [3.8, 4) is 5.75 Å². The number of nitrogens with zero attached hydrogens (tertiary/aromatic N) is 1. The van der Waals surface area contributed by atoms with Gasteiger partial charge >= 0.3 is 5.97 Å². The van der Waals surface area contributed by atoms with Crippen molar-refractivity contribution < 1.29 is 19.6 Å². The predicted octanol–water partition coefficient (Wildman–Crippen LogP) is 1.68. The van der Waals surface area contributed by atoms with Gasteiger partial charge in [0.05, 0.1) is 4.92 Å². The number of carboxylic acids is 1. The lowest BCUT2D eigenvalue weighted by Crippen LogP contribution is -2.09. The number of rotatable bonds is 4. The Balaban J connectivity index is 3.00. The summed E-state index contributed by atoms with van der Waals surface area (Å²) in [6.07, 6.45) is 0. The standard InChI is InChI=1S/C10H11NO5/c1-6-3-8(16-5-9(12)13)4-7(2)10(6)11(14)15/h3-4H,5H2,1-2H3,(H,12,13). The minimum absolute atomic E-state index is 0.0303. The molecule has 1 aromatic rings. The van der Waals surface area contributed by atoms with Crippen molar-refractivity contribution in [3.05, 3.63) is 33.4 Å². The van der Waals surface area contributed by atoms with E-state index in [1.807, 2.05) is 0 Å². The van der Waals surface area contributed by atoms with Gasteiger partial charge in [-0.2, -0.15) is 0 Å². The Bertz CT molecular complexity index is 418. The largest absolute Gasteiger partial charge is 0.482 e. The van der Waals surface area contributed by atoms with Crippen LogP contribution in [0.15, 0.2) is 12.1 Å². The number of carbonyl (C=O) groups is 1. The molecule has 0 saturated carbocycles. The Morgan fingerprint density at radius 3 is 2.31 bits per heavy atom. The quantitative estimate of drug-likeness (QED) is 0.621. The topological polar surface area (TPSA) is 89.7 Å². The number of ether oxygens (including phenoxy) is 1. The number of carboxylic acid groups (broad SMARTS) is 1. The molecule has 1 N–H and O–H groups in total. The zero-order valence-electron chi connectivity index (χ0n) is 8.89. The Morgan fingerprint density at radius 2 is 1.94 bits per heavy atom. The van der Waals surface area contributed by atoms with Gasteiger partial charge in [0.1, 0.15) is 5.75 Å². The van der Waals surface area contributed by atoms with Crippen LogP contribution in [0.2, 0.25) is 0 Å². The lowest BCUT2D eigenvalue weighted by molar-refractivity contribution is -0.386. The van der Waals surface area contributed by atoms with Crippen molar-refractivity contribution >= 4 is 11.7 Å². The van der Waals surface area contributed by atoms with E-state index in [-0.39, 0.29) is 5.69 Å². The van der Waals surface area contributed by atoms with Gasteiger partial charge in [-0.3, -0.25) is 10.1 Å². The Labute approximate surface area is 91.6 Å². The van der Waals surface area contributed by atoms with Crippen LogP contribution in [-0.4, -0.2) is 22.6 Å². The summed E-state index contributed by atoms with van der Waals surface area (Å²) in [4.78, 5) is 20.5. The molecule has 0 aromatic heterocycles. The molecule has 0 fully saturated rings. The van der Waals surface area contributed by atoms with E-state index in [2.05, 4.69) is 0 Å². The van der Waals surface area contributed by atoms with E-state index < -0.39 is 17.5 Å². The zero-order chi connectivity index (χ0) is 12.3. The highest BCUT2D eigenvalue weighted by atomic mass is 16.6. The van der Waals surface area contributed by atoms with Crippen LogP contribution in [0.25, 0.3) is 0 Å². The molecule has 1 aromatic carbocycles. The predicted molar refractivity (Wildman–Crippen MR) is 55.7 cm³/mol. The van der Waals surface area contributed by atoms with Crippen LogP contribution in [0.1, 0.15) is 11.1 Å². The number of hydrogen-bond acceptors (Lipinski definition) is 4. The van der Waals surface area contributed by atoms with Crippen LogP contribution in [0.4, 0.5) is 5.69 Å². The first-order valence-electron chi connectivity index (χ1n) is 4.52. The van der Waals surface area contributed by atoms with Crippen LogP contribution in [0.5, 0.6) is 5.75 Å². The van der Waals surface area contributed by atoms with Gasteiger partial charge in [0, 0.05) is 11.1 Å². The van der Waals surface area contributed by atoms with E-state index in [1.54, 1.807) is 13.8 Å². The molecule has 6 heteroatoms. The second-order valence-corrected chi connectivity index (χ2v) is 3.35. The molecule has 0 spiro atoms. The molecule has 0 aliphatic heterocycles. The van der Waals surface area contributed by atoms with Crippen LogP contribution in [0.3, 0.4) is 0 Å². The Kier molecular flexibility index (Phi) is 3.44. The SMILES string of the molecule is Cc1cc(OCC(=O)O)cc(C)c1[N+](=O)[O-]. The van der Waals surface area contributed by atoms with E-state index in [0.29, 0.717) is 16.9 Å². The van der Waals surface area contributed by atoms with Gasteiger partial charge < -0.3 is 9.84 Å². The molecular weight excluding hydrogens is 214 g/mol. The van der Waals surface area contributed by atoms with Gasteiger partial charge in [-0.05, 0) is 26.0 Å². The van der Waals surface area contributed by atoms with Gasteiger partial charge in [-0.1, -0.05) is 0 Å². The molecule has 0 aliphatic carbocycles. The van der Waals surface area contributed by atoms with E-state index in [9.17, 15) is 14.9 Å². The number of hydrogen-bond donors (Lipinski definition) is 1. The molecule has 6 nitrogen and oxygen atoms in total. The summed E-state index contributed by atoms with van der Waals surface area (Å²) in [6.45, 7) is 2.70. The smallest absolute Gasteiger partial charge is 0.341 e. The minimum atomic E-state index is -1.09. The van der Waals surface area contributed by atoms with Crippen LogP contribution < -0.4 is 4.74 Å². The number of aryl methyl sites for hydroxylation is 2. The van der Waals surface area contributed by atoms with Crippen LogP contribution >= 0.6 is 0 Å². The molecule has 86 valence electrons. The van der Waals surface area contributed by atoms with E-state index in [4.69, 9.17) is 9.84 Å². The summed E-state index contributed by atoms with van der Waals surface area (Å²) in [5.74, 6) is -0.767. The number of benzene rings is 1. The van der Waals surface area contributed by atoms with Crippen LogP contribution in [-0.2, 0) is 4.79 Å². The maximum absolute atomic E-state index is 10.7. The van der Waals surface area contributed by atoms with Gasteiger partial charge in [-0.15, -0.1) is 0 Å². The highest BCUT2D eigenvalue weighted by Crippen LogP contribution is 2.27. The summed E-state index contributed by atoms with van der Waals surface area (Å²) < 4.78 is 4.94. The van der Waals surface area contributed by atoms with Gasteiger partial charge in [-0.25, -0.2) is 4.79 Å². The molecule has 0 unspecified atom stereocenters. The summed E-state index contributed by atoms with van der Waals surface area (Å²) in [5, 5.41) is 19.1. The Hall–Kier alpha value is -2.11. The van der Waals surface area contributed by atoms with E-state index in [1.165, 1.54) is 12.1 Å². The number of aliphatic carboxylic acids is 1. The van der Waals surface area contributed by atoms with Crippen molar-refractivity contribution in [2.45, 2.75) is 13.8 Å². The molecule has 0 aliphatic rings. The third-order valence-electron chi connectivity index (χ3n) is 2.01. The second kappa shape index (κ2) is 4.61. The van der Waals surface area contributed by atoms with Crippen molar-refractivity contribution in [2.24, 2.45) is 0 Å². The molecule has 16 heavy (non-hydrogen) atoms. The van der Waals surface area contributed by atoms with E-state index in [0.717, 1.165) is 0 Å². The lowest BCUT2D eigenvalue weighted by Gasteiger charge is -2.06. The molecule has 0 heterocycles. The number of nitro groups is 1. The summed E-state index contributed by atoms with van der Waals surface area (Å²) in [5.41, 5.74) is 0.929. The molecule has 0 amide bonds. The van der Waals surface area contributed by atoms with Gasteiger partial charge in [0.15, 0.2) is 6.61 Å². The maximum Gasteiger partial charge on any atom is 0.341 e. The fourth-order valence-corrected chi connectivity index (χ4v) is 1.43. The number of nitro benzene ring substituents is 1. The highest BCUT2D eigenvalue weighted by molar-refractivity contribution is 5.68. The van der Waals surface area contributed by atoms with E-state index >= 15 is 0 Å². The molecule has 1 rings (SSSR count). The maximum atomic E-state index is 10.7. The highest BCUT2D eigenvalue weighted by Gasteiger charge is 2.16.